The lowest BCUT2D eigenvalue weighted by Gasteiger charge is -2.05. The number of H-pyrrole nitrogens is 1. The average molecular weight is 472 g/mol. The van der Waals surface area contributed by atoms with Crippen LogP contribution in [-0.2, 0) is 6.54 Å². The fourth-order valence-electron chi connectivity index (χ4n) is 3.05. The number of benzene rings is 2. The summed E-state index contributed by atoms with van der Waals surface area (Å²) in [6.07, 6.45) is 0. The molecule has 4 rings (SSSR count). The van der Waals surface area contributed by atoms with Crippen molar-refractivity contribution in [1.82, 2.24) is 20.5 Å². The van der Waals surface area contributed by atoms with Crippen molar-refractivity contribution in [2.45, 2.75) is 13.5 Å². The lowest BCUT2D eigenvalue weighted by Crippen LogP contribution is -2.23. The molecule has 0 fully saturated rings. The smallest absolute Gasteiger partial charge is 0.272 e. The molecule has 11 heteroatoms. The molecule has 2 amide bonds. The molecule has 2 aromatic heterocycles. The van der Waals surface area contributed by atoms with Gasteiger partial charge in [0.2, 0.25) is 0 Å². The second-order valence-electron chi connectivity index (χ2n) is 6.92. The standard InChI is InChI=1S/C22H16ClF2N5O3/c1-11-27-20(12-5-3-2-4-6-12)18(33-11)10-26-22(32)17-9-19(30-29-17)28-21(31)13-7-15(24)16(25)8-14(13)23/h2-9H,10H2,1H3,(H,26,32)(H2,28,29,30,31). The molecule has 3 N–H and O–H groups in total. The molecule has 0 saturated heterocycles. The zero-order valence-corrected chi connectivity index (χ0v) is 17.8. The lowest BCUT2D eigenvalue weighted by molar-refractivity contribution is 0.0942. The summed E-state index contributed by atoms with van der Waals surface area (Å²) in [4.78, 5) is 29.2. The maximum atomic E-state index is 13.4. The van der Waals surface area contributed by atoms with Gasteiger partial charge in [0.25, 0.3) is 11.8 Å². The molecular weight excluding hydrogens is 456 g/mol. The largest absolute Gasteiger partial charge is 0.443 e. The molecule has 0 radical (unpaired) electrons. The molecule has 168 valence electrons. The highest BCUT2D eigenvalue weighted by Gasteiger charge is 2.19. The summed E-state index contributed by atoms with van der Waals surface area (Å²) in [6, 6.07) is 12.0. The van der Waals surface area contributed by atoms with Crippen LogP contribution in [0.2, 0.25) is 5.02 Å². The number of carbonyl (C=O) groups excluding carboxylic acids is 2. The number of amides is 2. The molecular formula is C22H16ClF2N5O3. The number of nitrogens with zero attached hydrogens (tertiary/aromatic N) is 2. The van der Waals surface area contributed by atoms with Crippen molar-refractivity contribution in [2.24, 2.45) is 0 Å². The van der Waals surface area contributed by atoms with Crippen LogP contribution in [0.1, 0.15) is 32.5 Å². The van der Waals surface area contributed by atoms with E-state index in [0.29, 0.717) is 29.5 Å². The van der Waals surface area contributed by atoms with Crippen molar-refractivity contribution in [3.63, 3.8) is 0 Å². The van der Waals surface area contributed by atoms with Gasteiger partial charge in [0.15, 0.2) is 29.0 Å². The van der Waals surface area contributed by atoms with E-state index in [1.54, 1.807) is 6.92 Å². The number of carbonyl (C=O) groups is 2. The minimum Gasteiger partial charge on any atom is -0.443 e. The first kappa shape index (κ1) is 22.2. The van der Waals surface area contributed by atoms with Crippen molar-refractivity contribution < 1.29 is 22.8 Å². The van der Waals surface area contributed by atoms with Gasteiger partial charge in [-0.3, -0.25) is 14.7 Å². The third-order valence-electron chi connectivity index (χ3n) is 4.57. The fraction of sp³-hybridized carbons (Fsp3) is 0.0909. The number of rotatable bonds is 6. The Bertz CT molecular complexity index is 1340. The molecule has 0 aliphatic carbocycles. The molecule has 0 bridgehead atoms. The van der Waals surface area contributed by atoms with Crippen LogP contribution in [-0.4, -0.2) is 27.0 Å². The number of anilines is 1. The van der Waals surface area contributed by atoms with E-state index in [9.17, 15) is 18.4 Å². The minimum atomic E-state index is -1.22. The van der Waals surface area contributed by atoms with Gasteiger partial charge in [0, 0.05) is 18.6 Å². The summed E-state index contributed by atoms with van der Waals surface area (Å²) in [5, 5.41) is 11.1. The predicted octanol–water partition coefficient (Wildman–Crippen LogP) is 4.49. The topological polar surface area (TPSA) is 113 Å². The van der Waals surface area contributed by atoms with Crippen LogP contribution in [0.15, 0.2) is 52.9 Å². The van der Waals surface area contributed by atoms with Crippen LogP contribution in [0.4, 0.5) is 14.6 Å². The highest BCUT2D eigenvalue weighted by atomic mass is 35.5. The van der Waals surface area contributed by atoms with Crippen molar-refractivity contribution in [3.05, 3.63) is 88.1 Å². The van der Waals surface area contributed by atoms with Gasteiger partial charge >= 0.3 is 0 Å². The van der Waals surface area contributed by atoms with E-state index >= 15 is 0 Å². The zero-order chi connectivity index (χ0) is 23.5. The third-order valence-corrected chi connectivity index (χ3v) is 4.89. The Labute approximate surface area is 191 Å². The Balaban J connectivity index is 1.42. The van der Waals surface area contributed by atoms with Crippen LogP contribution < -0.4 is 10.6 Å². The van der Waals surface area contributed by atoms with Crippen molar-refractivity contribution >= 4 is 29.2 Å². The Morgan fingerprint density at radius 3 is 2.58 bits per heavy atom. The van der Waals surface area contributed by atoms with Crippen molar-refractivity contribution in [3.8, 4) is 11.3 Å². The number of aromatic nitrogens is 3. The normalized spacial score (nSPS) is 10.8. The molecule has 2 aromatic carbocycles. The van der Waals surface area contributed by atoms with Gasteiger partial charge in [-0.15, -0.1) is 0 Å². The Kier molecular flexibility index (Phi) is 6.18. The highest BCUT2D eigenvalue weighted by Crippen LogP contribution is 2.24. The van der Waals surface area contributed by atoms with E-state index in [2.05, 4.69) is 25.8 Å². The quantitative estimate of drug-likeness (QED) is 0.359. The van der Waals surface area contributed by atoms with E-state index < -0.39 is 23.4 Å². The molecule has 2 heterocycles. The van der Waals surface area contributed by atoms with E-state index in [-0.39, 0.29) is 28.6 Å². The molecule has 0 saturated carbocycles. The number of hydrogen-bond donors (Lipinski definition) is 3. The second-order valence-corrected chi connectivity index (χ2v) is 7.33. The Morgan fingerprint density at radius 2 is 1.82 bits per heavy atom. The predicted molar refractivity (Wildman–Crippen MR) is 116 cm³/mol. The van der Waals surface area contributed by atoms with Gasteiger partial charge < -0.3 is 15.1 Å². The maximum absolute atomic E-state index is 13.4. The van der Waals surface area contributed by atoms with Gasteiger partial charge in [0.1, 0.15) is 11.5 Å². The first-order valence-corrected chi connectivity index (χ1v) is 10.0. The van der Waals surface area contributed by atoms with Gasteiger partial charge in [-0.25, -0.2) is 13.8 Å². The number of aryl methyl sites for hydroxylation is 1. The monoisotopic (exact) mass is 471 g/mol. The van der Waals surface area contributed by atoms with E-state index in [0.717, 1.165) is 5.56 Å². The summed E-state index contributed by atoms with van der Waals surface area (Å²) in [7, 11) is 0. The van der Waals surface area contributed by atoms with Crippen LogP contribution in [0.5, 0.6) is 0 Å². The van der Waals surface area contributed by atoms with E-state index in [4.69, 9.17) is 16.0 Å². The maximum Gasteiger partial charge on any atom is 0.272 e. The third kappa shape index (κ3) is 4.90. The summed E-state index contributed by atoms with van der Waals surface area (Å²) in [5.74, 6) is -2.74. The average Bonchev–Trinajstić information content (AvgIpc) is 3.41. The number of hydrogen-bond acceptors (Lipinski definition) is 5. The van der Waals surface area contributed by atoms with Crippen molar-refractivity contribution in [2.75, 3.05) is 5.32 Å². The fourth-order valence-corrected chi connectivity index (χ4v) is 3.29. The number of nitrogens with one attached hydrogen (secondary N) is 3. The zero-order valence-electron chi connectivity index (χ0n) is 17.1. The summed E-state index contributed by atoms with van der Waals surface area (Å²) < 4.78 is 32.2. The minimum absolute atomic E-state index is 0.0146. The van der Waals surface area contributed by atoms with Gasteiger partial charge in [-0.2, -0.15) is 5.10 Å². The van der Waals surface area contributed by atoms with Crippen LogP contribution in [0.3, 0.4) is 0 Å². The van der Waals surface area contributed by atoms with E-state index in [1.807, 2.05) is 30.3 Å². The first-order chi connectivity index (χ1) is 15.8. The molecule has 8 nitrogen and oxygen atoms in total. The highest BCUT2D eigenvalue weighted by molar-refractivity contribution is 6.34. The van der Waals surface area contributed by atoms with Gasteiger partial charge in [-0.1, -0.05) is 41.9 Å². The van der Waals surface area contributed by atoms with Crippen molar-refractivity contribution in [1.29, 1.82) is 0 Å². The molecule has 0 aliphatic rings. The molecule has 0 spiro atoms. The molecule has 0 unspecified atom stereocenters. The lowest BCUT2D eigenvalue weighted by atomic mass is 10.1. The van der Waals surface area contributed by atoms with Gasteiger partial charge in [-0.05, 0) is 12.1 Å². The van der Waals surface area contributed by atoms with Gasteiger partial charge in [0.05, 0.1) is 17.1 Å². The molecule has 4 aromatic rings. The van der Waals surface area contributed by atoms with E-state index in [1.165, 1.54) is 6.07 Å². The number of aromatic amines is 1. The summed E-state index contributed by atoms with van der Waals surface area (Å²) >= 11 is 5.80. The summed E-state index contributed by atoms with van der Waals surface area (Å²) in [6.45, 7) is 1.77. The molecule has 0 atom stereocenters. The van der Waals surface area contributed by atoms with Crippen LogP contribution in [0.25, 0.3) is 11.3 Å². The molecule has 0 aliphatic heterocycles. The summed E-state index contributed by atoms with van der Waals surface area (Å²) in [5.41, 5.74) is 1.18. The SMILES string of the molecule is Cc1nc(-c2ccccc2)c(CNC(=O)c2cc(NC(=O)c3cc(F)c(F)cc3Cl)[nH]n2)o1. The number of halogens is 3. The first-order valence-electron chi connectivity index (χ1n) is 9.63. The van der Waals surface area contributed by atoms with Crippen LogP contribution in [0, 0.1) is 18.6 Å². The number of oxazole rings is 1. The van der Waals surface area contributed by atoms with Crippen LogP contribution >= 0.6 is 11.6 Å². The molecule has 33 heavy (non-hydrogen) atoms. The second kappa shape index (κ2) is 9.21. The Hall–Kier alpha value is -4.05. The Morgan fingerprint density at radius 1 is 1.09 bits per heavy atom.